The van der Waals surface area contributed by atoms with Crippen LogP contribution in [0, 0.1) is 0 Å². The predicted molar refractivity (Wildman–Crippen MR) is 127 cm³/mol. The molecule has 3 aromatic carbocycles. The summed E-state index contributed by atoms with van der Waals surface area (Å²) in [7, 11) is 0. The van der Waals surface area contributed by atoms with Crippen molar-refractivity contribution in [3.63, 3.8) is 0 Å². The van der Waals surface area contributed by atoms with Crippen molar-refractivity contribution in [3.8, 4) is 0 Å². The highest BCUT2D eigenvalue weighted by molar-refractivity contribution is 6.00. The number of rotatable bonds is 2. The van der Waals surface area contributed by atoms with Crippen LogP contribution >= 0.6 is 0 Å². The van der Waals surface area contributed by atoms with Gasteiger partial charge in [0.05, 0.1) is 0 Å². The van der Waals surface area contributed by atoms with E-state index in [-0.39, 0.29) is 0 Å². The molecule has 0 radical (unpaired) electrons. The first-order valence-corrected chi connectivity index (χ1v) is 10.0. The molecule has 0 spiro atoms. The van der Waals surface area contributed by atoms with Crippen molar-refractivity contribution in [1.82, 2.24) is 0 Å². The summed E-state index contributed by atoms with van der Waals surface area (Å²) in [5.74, 6) is 0. The lowest BCUT2D eigenvalue weighted by atomic mass is 9.98. The summed E-state index contributed by atoms with van der Waals surface area (Å²) in [6.07, 6.45) is 3.76. The molecule has 0 amide bonds. The molecule has 0 aromatic heterocycles. The van der Waals surface area contributed by atoms with E-state index in [1.807, 2.05) is 67.5 Å². The Balaban J connectivity index is 0. The molecule has 0 heteroatoms. The zero-order chi connectivity index (χ0) is 20.5. The fraction of sp³-hybridized carbons (Fsp3) is 0.308. The zero-order valence-corrected chi connectivity index (χ0v) is 18.2. The summed E-state index contributed by atoms with van der Waals surface area (Å²) >= 11 is 0. The second kappa shape index (κ2) is 16.1. The smallest absolute Gasteiger partial charge is 0.0171 e. The molecule has 26 heavy (non-hydrogen) atoms. The van der Waals surface area contributed by atoms with Gasteiger partial charge in [0.25, 0.3) is 0 Å². The molecular weight excluding hydrogens is 312 g/mol. The third-order valence-electron chi connectivity index (χ3n) is 3.35. The Morgan fingerprint density at radius 3 is 1.08 bits per heavy atom. The second-order valence-corrected chi connectivity index (χ2v) is 4.44. The van der Waals surface area contributed by atoms with Gasteiger partial charge in [-0.25, -0.2) is 0 Å². The maximum Gasteiger partial charge on any atom is -0.0171 e. The molecule has 0 bridgehead atoms. The Bertz CT molecular complexity index is 697. The molecule has 0 nitrogen and oxygen atoms in total. The monoisotopic (exact) mass is 350 g/mol. The highest BCUT2D eigenvalue weighted by Gasteiger charge is 2.02. The van der Waals surface area contributed by atoms with Crippen LogP contribution in [-0.2, 0) is 0 Å². The minimum absolute atomic E-state index is 1.13. The van der Waals surface area contributed by atoms with Crippen LogP contribution in [0.2, 0.25) is 0 Å². The van der Waals surface area contributed by atoms with E-state index in [0.717, 1.165) is 11.1 Å². The van der Waals surface area contributed by atoms with Crippen molar-refractivity contribution >= 4 is 33.7 Å². The van der Waals surface area contributed by atoms with Gasteiger partial charge in [-0.3, -0.25) is 0 Å². The normalized spacial score (nSPS) is 8.31. The van der Waals surface area contributed by atoms with E-state index in [4.69, 9.17) is 0 Å². The molecular formula is C26H38. The van der Waals surface area contributed by atoms with Crippen LogP contribution < -0.4 is 0 Å². The third-order valence-corrected chi connectivity index (χ3v) is 3.35. The molecule has 0 fully saturated rings. The average molecular weight is 351 g/mol. The first-order chi connectivity index (χ1) is 12.8. The minimum Gasteiger partial charge on any atom is -0.0984 e. The summed E-state index contributed by atoms with van der Waals surface area (Å²) in [5, 5.41) is 5.03. The molecule has 0 aliphatic carbocycles. The average Bonchev–Trinajstić information content (AvgIpc) is 2.76. The van der Waals surface area contributed by atoms with E-state index in [1.165, 1.54) is 21.5 Å². The maximum absolute atomic E-state index is 3.86. The fourth-order valence-corrected chi connectivity index (χ4v) is 2.38. The van der Waals surface area contributed by atoms with Crippen LogP contribution in [0.25, 0.3) is 33.7 Å². The van der Waals surface area contributed by atoms with Crippen LogP contribution in [0.4, 0.5) is 0 Å². The molecule has 0 aliphatic heterocycles. The number of benzene rings is 3. The SMILES string of the molecule is C=Cc1cc2cc3ccccc3cc2cc1C=C.CC.CC.CC.CC. The Kier molecular flexibility index (Phi) is 16.1. The van der Waals surface area contributed by atoms with Crippen LogP contribution in [0.5, 0.6) is 0 Å². The Morgan fingerprint density at radius 2 is 0.808 bits per heavy atom. The predicted octanol–water partition coefficient (Wildman–Crippen LogP) is 9.38. The summed E-state index contributed by atoms with van der Waals surface area (Å²) in [6, 6.07) is 17.2. The van der Waals surface area contributed by atoms with Gasteiger partial charge < -0.3 is 0 Å². The quantitative estimate of drug-likeness (QED) is 0.404. The third kappa shape index (κ3) is 6.88. The number of hydrogen-bond donors (Lipinski definition) is 0. The van der Waals surface area contributed by atoms with Crippen LogP contribution in [0.15, 0.2) is 61.7 Å². The van der Waals surface area contributed by atoms with Crippen molar-refractivity contribution in [2.24, 2.45) is 0 Å². The first kappa shape index (κ1) is 25.9. The molecule has 0 aliphatic rings. The number of fused-ring (bicyclic) bond motifs is 2. The second-order valence-electron chi connectivity index (χ2n) is 4.44. The highest BCUT2D eigenvalue weighted by Crippen LogP contribution is 2.26. The lowest BCUT2D eigenvalue weighted by molar-refractivity contribution is 1.50. The summed E-state index contributed by atoms with van der Waals surface area (Å²) in [5.41, 5.74) is 2.26. The first-order valence-electron chi connectivity index (χ1n) is 10.0. The lowest BCUT2D eigenvalue weighted by Crippen LogP contribution is -1.83. The van der Waals surface area contributed by atoms with Gasteiger partial charge >= 0.3 is 0 Å². The summed E-state index contributed by atoms with van der Waals surface area (Å²) in [4.78, 5) is 0. The van der Waals surface area contributed by atoms with Crippen LogP contribution in [0.3, 0.4) is 0 Å². The molecule has 0 atom stereocenters. The molecule has 0 unspecified atom stereocenters. The van der Waals surface area contributed by atoms with Crippen molar-refractivity contribution in [2.45, 2.75) is 55.4 Å². The molecule has 0 N–H and O–H groups in total. The van der Waals surface area contributed by atoms with E-state index in [2.05, 4.69) is 61.7 Å². The number of hydrogen-bond acceptors (Lipinski definition) is 0. The Morgan fingerprint density at radius 1 is 0.500 bits per heavy atom. The largest absolute Gasteiger partial charge is 0.0984 e. The van der Waals surface area contributed by atoms with E-state index in [0.29, 0.717) is 0 Å². The van der Waals surface area contributed by atoms with Crippen molar-refractivity contribution < 1.29 is 0 Å². The van der Waals surface area contributed by atoms with Crippen LogP contribution in [0.1, 0.15) is 66.5 Å². The molecule has 0 saturated carbocycles. The van der Waals surface area contributed by atoms with Gasteiger partial charge in [-0.05, 0) is 56.9 Å². The fourth-order valence-electron chi connectivity index (χ4n) is 2.38. The van der Waals surface area contributed by atoms with Gasteiger partial charge in [0.15, 0.2) is 0 Å². The van der Waals surface area contributed by atoms with E-state index in [1.54, 1.807) is 0 Å². The summed E-state index contributed by atoms with van der Waals surface area (Å²) < 4.78 is 0. The minimum atomic E-state index is 1.13. The molecule has 142 valence electrons. The van der Waals surface area contributed by atoms with Crippen molar-refractivity contribution in [2.75, 3.05) is 0 Å². The van der Waals surface area contributed by atoms with Gasteiger partial charge in [0, 0.05) is 0 Å². The molecule has 0 saturated heterocycles. The van der Waals surface area contributed by atoms with Gasteiger partial charge in [0.2, 0.25) is 0 Å². The van der Waals surface area contributed by atoms with E-state index < -0.39 is 0 Å². The topological polar surface area (TPSA) is 0 Å². The van der Waals surface area contributed by atoms with Crippen molar-refractivity contribution in [3.05, 3.63) is 72.8 Å². The van der Waals surface area contributed by atoms with Gasteiger partial charge in [-0.1, -0.05) is 105 Å². The highest BCUT2D eigenvalue weighted by atomic mass is 14.1. The van der Waals surface area contributed by atoms with E-state index >= 15 is 0 Å². The van der Waals surface area contributed by atoms with E-state index in [9.17, 15) is 0 Å². The zero-order valence-electron chi connectivity index (χ0n) is 18.2. The molecule has 0 heterocycles. The van der Waals surface area contributed by atoms with Gasteiger partial charge in [0.1, 0.15) is 0 Å². The lowest BCUT2D eigenvalue weighted by Gasteiger charge is -2.07. The molecule has 3 aromatic rings. The van der Waals surface area contributed by atoms with Crippen LogP contribution in [-0.4, -0.2) is 0 Å². The Labute approximate surface area is 162 Å². The van der Waals surface area contributed by atoms with Crippen molar-refractivity contribution in [1.29, 1.82) is 0 Å². The van der Waals surface area contributed by atoms with Gasteiger partial charge in [-0.15, -0.1) is 0 Å². The summed E-state index contributed by atoms with van der Waals surface area (Å²) in [6.45, 7) is 23.7. The molecule has 3 rings (SSSR count). The van der Waals surface area contributed by atoms with Gasteiger partial charge in [-0.2, -0.15) is 0 Å². The Hall–Kier alpha value is -2.34. The standard InChI is InChI=1S/C18H14.4C2H6/c1-3-13-9-17-11-15-7-5-6-8-16(15)12-18(17)10-14(13)4-2;4*1-2/h3-12H,1-2H2;4*1-2H3. The maximum atomic E-state index is 3.86.